The number of allylic oxidation sites excluding steroid dienone is 11. The molecule has 0 heterocycles. The fourth-order valence-electron chi connectivity index (χ4n) is 7.78. The highest BCUT2D eigenvalue weighted by Gasteiger charge is 2.74. The van der Waals surface area contributed by atoms with Gasteiger partial charge in [-0.3, -0.25) is 14.4 Å². The van der Waals surface area contributed by atoms with Crippen LogP contribution in [0.2, 0.25) is 0 Å². The fraction of sp³-hybridized carbons (Fsp3) is 0.512. The summed E-state index contributed by atoms with van der Waals surface area (Å²) in [7, 11) is 0. The Bertz CT molecular complexity index is 1650. The van der Waals surface area contributed by atoms with Crippen molar-refractivity contribution in [3.63, 3.8) is 0 Å². The molecule has 0 spiro atoms. The zero-order chi connectivity index (χ0) is 36.9. The number of hydrogen-bond donors (Lipinski definition) is 3. The first-order valence-corrected chi connectivity index (χ1v) is 17.6. The first-order chi connectivity index (χ1) is 22.8. The summed E-state index contributed by atoms with van der Waals surface area (Å²) in [6.07, 6.45) is 14.3. The fourth-order valence-corrected chi connectivity index (χ4v) is 7.78. The zero-order valence-electron chi connectivity index (χ0n) is 31.4. The minimum Gasteiger partial charge on any atom is -0.506 e. The number of ketones is 3. The van der Waals surface area contributed by atoms with Crippen LogP contribution in [0, 0.1) is 22.2 Å². The van der Waals surface area contributed by atoms with Crippen molar-refractivity contribution in [1.29, 1.82) is 0 Å². The van der Waals surface area contributed by atoms with Crippen molar-refractivity contribution in [2.75, 3.05) is 0 Å². The predicted octanol–water partition coefficient (Wildman–Crippen LogP) is 10.6. The molecular weight excluding hydrogens is 612 g/mol. The summed E-state index contributed by atoms with van der Waals surface area (Å²) in [5, 5.41) is 32.1. The molecule has 2 aliphatic carbocycles. The Morgan fingerprint density at radius 3 is 1.92 bits per heavy atom. The Labute approximate surface area is 294 Å². The first-order valence-electron chi connectivity index (χ1n) is 17.6. The molecule has 49 heavy (non-hydrogen) atoms. The third-order valence-corrected chi connectivity index (χ3v) is 10.8. The van der Waals surface area contributed by atoms with Gasteiger partial charge in [0, 0.05) is 5.56 Å². The van der Waals surface area contributed by atoms with Gasteiger partial charge < -0.3 is 15.3 Å². The van der Waals surface area contributed by atoms with Crippen molar-refractivity contribution in [1.82, 2.24) is 0 Å². The lowest BCUT2D eigenvalue weighted by Gasteiger charge is -2.61. The number of benzene rings is 1. The molecule has 1 unspecified atom stereocenters. The summed E-state index contributed by atoms with van der Waals surface area (Å²) in [5.74, 6) is -3.32. The number of aliphatic hydroxyl groups excluding tert-OH is 1. The van der Waals surface area contributed by atoms with E-state index in [4.69, 9.17) is 0 Å². The van der Waals surface area contributed by atoms with Crippen molar-refractivity contribution in [2.24, 2.45) is 22.2 Å². The van der Waals surface area contributed by atoms with E-state index in [-0.39, 0.29) is 36.5 Å². The molecule has 0 aromatic heterocycles. The van der Waals surface area contributed by atoms with Crippen LogP contribution >= 0.6 is 0 Å². The number of carbonyl (C=O) groups excluding carboxylic acids is 3. The van der Waals surface area contributed by atoms with Gasteiger partial charge in [0.2, 0.25) is 0 Å². The molecule has 3 N–H and O–H groups in total. The molecule has 6 heteroatoms. The largest absolute Gasteiger partial charge is 0.506 e. The summed E-state index contributed by atoms with van der Waals surface area (Å²) in [6.45, 7) is 20.2. The van der Waals surface area contributed by atoms with Crippen LogP contribution in [0.15, 0.2) is 82.0 Å². The third kappa shape index (κ3) is 7.95. The van der Waals surface area contributed by atoms with Gasteiger partial charge in [-0.05, 0) is 143 Å². The van der Waals surface area contributed by atoms with Gasteiger partial charge in [0.15, 0.2) is 28.8 Å². The second-order valence-corrected chi connectivity index (χ2v) is 15.6. The normalized spacial score (nSPS) is 26.2. The van der Waals surface area contributed by atoms with E-state index < -0.39 is 50.6 Å². The number of fused-ring (bicyclic) bond motifs is 2. The lowest BCUT2D eigenvalue weighted by atomic mass is 9.37. The van der Waals surface area contributed by atoms with Crippen LogP contribution in [0.4, 0.5) is 0 Å². The molecule has 3 rings (SSSR count). The van der Waals surface area contributed by atoms with Crippen LogP contribution in [0.3, 0.4) is 0 Å². The lowest BCUT2D eigenvalue weighted by Crippen LogP contribution is -2.70. The molecule has 4 atom stereocenters. The van der Waals surface area contributed by atoms with Gasteiger partial charge in [-0.2, -0.15) is 0 Å². The Balaban J connectivity index is 2.47. The molecule has 2 aliphatic rings. The van der Waals surface area contributed by atoms with Crippen LogP contribution < -0.4 is 0 Å². The van der Waals surface area contributed by atoms with E-state index in [9.17, 15) is 20.1 Å². The molecule has 1 aromatic carbocycles. The molecular formula is C43H58O6. The number of aromatic hydroxyl groups is 2. The molecule has 266 valence electrons. The Hall–Kier alpha value is -3.93. The molecule has 0 saturated heterocycles. The van der Waals surface area contributed by atoms with Gasteiger partial charge in [0.25, 0.3) is 0 Å². The lowest BCUT2D eigenvalue weighted by molar-refractivity contribution is -0.178. The molecule has 2 bridgehead atoms. The average molecular weight is 671 g/mol. The summed E-state index contributed by atoms with van der Waals surface area (Å²) < 4.78 is 0. The average Bonchev–Trinajstić information content (AvgIpc) is 3.00. The Kier molecular flexibility index (Phi) is 12.7. The highest BCUT2D eigenvalue weighted by Crippen LogP contribution is 2.67. The molecule has 6 nitrogen and oxygen atoms in total. The summed E-state index contributed by atoms with van der Waals surface area (Å²) in [6, 6.07) is 3.70. The second-order valence-electron chi connectivity index (χ2n) is 15.6. The molecule has 2 saturated carbocycles. The summed E-state index contributed by atoms with van der Waals surface area (Å²) in [5.41, 5.74) is 1.06. The van der Waals surface area contributed by atoms with Crippen molar-refractivity contribution >= 4 is 23.1 Å². The highest BCUT2D eigenvalue weighted by atomic mass is 16.3. The standard InChI is InChI=1S/C43H58O6/c1-27(2)13-11-15-31(9)21-23-42-26-33(18-16-29(5)6)41(10,22-12-14-28(3)4)43(40(42)49,24-20-30(7)8)39(48)36(38(42)47)37(46)32-17-19-34(44)35(45)25-32/h13-14,16-17,19-21,25,33,44-46H,11-12,15,18,22-24,26H2,1-10H3/b31-21+,37-36?/t33-,41?,42+,43-/m1/s1. The number of phenols is 2. The Morgan fingerprint density at radius 1 is 0.755 bits per heavy atom. The third-order valence-electron chi connectivity index (χ3n) is 10.8. The highest BCUT2D eigenvalue weighted by molar-refractivity contribution is 6.41. The number of aliphatic hydroxyl groups is 1. The van der Waals surface area contributed by atoms with Gasteiger partial charge in [0.05, 0.1) is 5.41 Å². The Morgan fingerprint density at radius 2 is 1.35 bits per heavy atom. The van der Waals surface area contributed by atoms with E-state index in [1.54, 1.807) is 0 Å². The van der Waals surface area contributed by atoms with Gasteiger partial charge in [0.1, 0.15) is 16.7 Å². The molecule has 2 fully saturated rings. The van der Waals surface area contributed by atoms with Crippen molar-refractivity contribution in [3.8, 4) is 11.5 Å². The maximum atomic E-state index is 15.5. The summed E-state index contributed by atoms with van der Waals surface area (Å²) >= 11 is 0. The number of rotatable bonds is 13. The number of carbonyl (C=O) groups is 3. The van der Waals surface area contributed by atoms with E-state index >= 15 is 9.59 Å². The van der Waals surface area contributed by atoms with Crippen molar-refractivity contribution in [2.45, 2.75) is 121 Å². The zero-order valence-corrected chi connectivity index (χ0v) is 31.4. The summed E-state index contributed by atoms with van der Waals surface area (Å²) in [4.78, 5) is 45.8. The van der Waals surface area contributed by atoms with Crippen LogP contribution in [0.1, 0.15) is 126 Å². The topological polar surface area (TPSA) is 112 Å². The second kappa shape index (κ2) is 15.7. The van der Waals surface area contributed by atoms with E-state index in [1.807, 2.05) is 67.5 Å². The smallest absolute Gasteiger partial charge is 0.184 e. The SMILES string of the molecule is CC(C)=CCC/C(C)=C/C[C@]12C[C@@H](CC=C(C)C)C(C)(CCC=C(C)C)[C@](CC=C(C)C)(C(=O)C(=C(O)c3ccc(O)c(O)c3)C1=O)C2=O. The van der Waals surface area contributed by atoms with Crippen molar-refractivity contribution in [3.05, 3.63) is 87.6 Å². The van der Waals surface area contributed by atoms with Crippen LogP contribution in [-0.4, -0.2) is 32.7 Å². The number of Topliss-reactive ketones (excluding diaryl/α,β-unsaturated/α-hetero) is 3. The monoisotopic (exact) mass is 670 g/mol. The quantitative estimate of drug-likeness (QED) is 0.0481. The van der Waals surface area contributed by atoms with Gasteiger partial charge in [-0.25, -0.2) is 0 Å². The number of phenolic OH excluding ortho intramolecular Hbond substituents is 2. The van der Waals surface area contributed by atoms with Gasteiger partial charge in [-0.1, -0.05) is 65.2 Å². The molecule has 0 amide bonds. The molecule has 0 aliphatic heterocycles. The van der Waals surface area contributed by atoms with Gasteiger partial charge in [-0.15, -0.1) is 0 Å². The van der Waals surface area contributed by atoms with Crippen LogP contribution in [0.5, 0.6) is 11.5 Å². The van der Waals surface area contributed by atoms with E-state index in [0.29, 0.717) is 19.3 Å². The predicted molar refractivity (Wildman–Crippen MR) is 199 cm³/mol. The molecule has 0 radical (unpaired) electrons. The van der Waals surface area contributed by atoms with Crippen molar-refractivity contribution < 1.29 is 29.7 Å². The minimum atomic E-state index is -1.63. The number of hydrogen-bond acceptors (Lipinski definition) is 6. The maximum absolute atomic E-state index is 15.5. The van der Waals surface area contributed by atoms with Crippen LogP contribution in [-0.2, 0) is 14.4 Å². The van der Waals surface area contributed by atoms with E-state index in [1.165, 1.54) is 17.7 Å². The van der Waals surface area contributed by atoms with Crippen LogP contribution in [0.25, 0.3) is 5.76 Å². The van der Waals surface area contributed by atoms with E-state index in [2.05, 4.69) is 32.1 Å². The minimum absolute atomic E-state index is 0.0210. The maximum Gasteiger partial charge on any atom is 0.184 e. The first kappa shape index (κ1) is 39.5. The van der Waals surface area contributed by atoms with Gasteiger partial charge >= 0.3 is 0 Å². The van der Waals surface area contributed by atoms with E-state index in [0.717, 1.165) is 41.2 Å². The molecule has 1 aromatic rings.